The Balaban J connectivity index is 0.00000216. The average molecular weight is 609 g/mol. The Kier molecular flexibility index (Phi) is 14.0. The fraction of sp³-hybridized carbons (Fsp3) is 0.583. The number of amides is 1. The molecule has 0 unspecified atom stereocenters. The van der Waals surface area contributed by atoms with Crippen molar-refractivity contribution in [1.82, 2.24) is 5.32 Å². The zero-order chi connectivity index (χ0) is 33.2. The second-order valence-corrected chi connectivity index (χ2v) is 13.3. The minimum absolute atomic E-state index is 0.109. The molecule has 11 atom stereocenters. The number of nitrogens with one attached hydrogen (secondary N) is 1. The van der Waals surface area contributed by atoms with E-state index in [1.54, 1.807) is 13.0 Å². The minimum Gasteiger partial charge on any atom is -0.458 e. The number of ether oxygens (including phenoxy) is 1. The highest BCUT2D eigenvalue weighted by molar-refractivity contribution is 5.82. The molecule has 44 heavy (non-hydrogen) atoms. The molecular formula is C36H52N2O6. The molecule has 1 aliphatic heterocycles. The molecule has 0 spiro atoms. The van der Waals surface area contributed by atoms with Crippen LogP contribution in [0.1, 0.15) is 68.2 Å². The summed E-state index contributed by atoms with van der Waals surface area (Å²) < 4.78 is 5.91. The molecule has 242 valence electrons. The maximum absolute atomic E-state index is 12.9. The van der Waals surface area contributed by atoms with Crippen LogP contribution >= 0.6 is 0 Å². The van der Waals surface area contributed by atoms with Gasteiger partial charge in [-0.05, 0) is 56.8 Å². The van der Waals surface area contributed by atoms with Gasteiger partial charge in [0.05, 0.1) is 12.1 Å². The van der Waals surface area contributed by atoms with E-state index in [4.69, 9.17) is 20.1 Å². The number of aliphatic hydroxyl groups is 1. The van der Waals surface area contributed by atoms with Gasteiger partial charge in [-0.1, -0.05) is 93.5 Å². The second-order valence-electron chi connectivity index (χ2n) is 13.3. The van der Waals surface area contributed by atoms with Gasteiger partial charge in [-0.25, -0.2) is 4.79 Å². The van der Waals surface area contributed by atoms with E-state index in [0.717, 1.165) is 24.0 Å². The van der Waals surface area contributed by atoms with E-state index in [9.17, 15) is 14.7 Å². The molecule has 3 rings (SSSR count). The first kappa shape index (κ1) is 36.9. The molecule has 4 N–H and O–H groups in total. The van der Waals surface area contributed by atoms with Crippen LogP contribution in [-0.4, -0.2) is 47.4 Å². The van der Waals surface area contributed by atoms with E-state index < -0.39 is 30.1 Å². The highest BCUT2D eigenvalue weighted by Gasteiger charge is 2.48. The lowest BCUT2D eigenvalue weighted by atomic mass is 9.53. The van der Waals surface area contributed by atoms with Crippen LogP contribution in [0.3, 0.4) is 0 Å². The number of hydrogen-bond acceptors (Lipinski definition) is 7. The maximum Gasteiger partial charge on any atom is 0.373 e. The molecule has 0 bridgehead atoms. The first-order valence-corrected chi connectivity index (χ1v) is 15.6. The van der Waals surface area contributed by atoms with Crippen molar-refractivity contribution in [2.75, 3.05) is 0 Å². The van der Waals surface area contributed by atoms with Crippen LogP contribution in [0.5, 0.6) is 0 Å². The lowest BCUT2D eigenvalue weighted by molar-refractivity contribution is -0.191. The molecule has 8 heteroatoms. The van der Waals surface area contributed by atoms with E-state index in [2.05, 4.69) is 68.6 Å². The number of carbonyl (C=O) groups is 2. The summed E-state index contributed by atoms with van der Waals surface area (Å²) >= 11 is 0. The zero-order valence-electron chi connectivity index (χ0n) is 27.5. The van der Waals surface area contributed by atoms with Gasteiger partial charge < -0.3 is 20.9 Å². The van der Waals surface area contributed by atoms with Crippen molar-refractivity contribution in [3.05, 3.63) is 71.9 Å². The molecule has 8 nitrogen and oxygen atoms in total. The Bertz CT molecular complexity index is 1220. The topological polar surface area (TPSA) is 136 Å². The first-order valence-electron chi connectivity index (χ1n) is 15.6. The van der Waals surface area contributed by atoms with Gasteiger partial charge >= 0.3 is 12.1 Å². The predicted octanol–water partition coefficient (Wildman–Crippen LogP) is 5.23. The van der Waals surface area contributed by atoms with E-state index in [0.29, 0.717) is 17.8 Å². The third-order valence-corrected chi connectivity index (χ3v) is 9.52. The largest absolute Gasteiger partial charge is 0.458 e. The molecule has 2 aliphatic carbocycles. The summed E-state index contributed by atoms with van der Waals surface area (Å²) in [4.78, 5) is 40.7. The highest BCUT2D eigenvalue weighted by Crippen LogP contribution is 2.53. The van der Waals surface area contributed by atoms with Crippen molar-refractivity contribution in [3.63, 3.8) is 0 Å². The summed E-state index contributed by atoms with van der Waals surface area (Å²) in [5.41, 5.74) is 8.74. The standard InChI is InChI=1S/C35H52N2O4.CO2/c1-21-10-9-11-32(39)41-34(25(5)33(40)26(6)37-27(7)38)24(4)13-12-22(2)18-28-14-15-29-30(35(28,8)17-16-21)19-23(3)20-31(29)36;2-1-3/h9-18,23-26,28-31,33-34,40H,19-20,36H2,1-8H3,(H,37,38);/b11-9+,13-12+,17-16+,21-10-,22-18+;/t23-,24+,25+,26+,28+,29+,30+,31-,33-,34+,35-;/m0./s1. The van der Waals surface area contributed by atoms with Gasteiger partial charge in [-0.15, -0.1) is 0 Å². The van der Waals surface area contributed by atoms with E-state index >= 15 is 0 Å². The van der Waals surface area contributed by atoms with Gasteiger partial charge in [0, 0.05) is 36.8 Å². The quantitative estimate of drug-likeness (QED) is 0.294. The number of rotatable bonds is 4. The van der Waals surface area contributed by atoms with Crippen LogP contribution < -0.4 is 11.1 Å². The fourth-order valence-electron chi connectivity index (χ4n) is 7.04. The molecule has 1 saturated carbocycles. The van der Waals surface area contributed by atoms with Crippen molar-refractivity contribution >= 4 is 18.0 Å². The van der Waals surface area contributed by atoms with Crippen LogP contribution in [-0.2, 0) is 23.9 Å². The van der Waals surface area contributed by atoms with Gasteiger partial charge in [-0.2, -0.15) is 9.59 Å². The average Bonchev–Trinajstić information content (AvgIpc) is 2.94. The van der Waals surface area contributed by atoms with Crippen molar-refractivity contribution in [3.8, 4) is 0 Å². The lowest BCUT2D eigenvalue weighted by Crippen LogP contribution is -2.50. The van der Waals surface area contributed by atoms with Crippen LogP contribution in [0, 0.1) is 40.9 Å². The molecule has 1 amide bonds. The highest BCUT2D eigenvalue weighted by atomic mass is 16.5. The normalized spacial score (nSPS) is 38.9. The Hall–Kier alpha value is -3.32. The smallest absolute Gasteiger partial charge is 0.373 e. The number of allylic oxidation sites excluding steroid dienone is 9. The van der Waals surface area contributed by atoms with E-state index in [1.165, 1.54) is 13.0 Å². The molecule has 0 radical (unpaired) electrons. The number of aliphatic hydroxyl groups excluding tert-OH is 1. The van der Waals surface area contributed by atoms with Gasteiger partial charge in [0.1, 0.15) is 6.10 Å². The number of esters is 1. The maximum atomic E-state index is 12.9. The zero-order valence-corrected chi connectivity index (χ0v) is 27.5. The molecule has 0 saturated heterocycles. The van der Waals surface area contributed by atoms with Crippen LogP contribution in [0.4, 0.5) is 0 Å². The van der Waals surface area contributed by atoms with Crippen LogP contribution in [0.2, 0.25) is 0 Å². The van der Waals surface area contributed by atoms with Crippen molar-refractivity contribution in [1.29, 1.82) is 0 Å². The number of fused-ring (bicyclic) bond motifs is 3. The SMILES string of the molecule is CC(=O)N[C@H](C)[C@@H](O)[C@@H](C)[C@@H]1OC(=O)/C=C/C=C(C)\C=C\[C@@]2(C)[C@H](C=C[C@@H]3[C@H]2C[C@H](C)C[C@@H]3N)/C=C(C)/C=C/[C@H]1C.O=C=O. The summed E-state index contributed by atoms with van der Waals surface area (Å²) in [6, 6.07) is -0.312. The molecule has 0 aromatic rings. The third-order valence-electron chi connectivity index (χ3n) is 9.52. The van der Waals surface area contributed by atoms with Gasteiger partial charge in [0.25, 0.3) is 0 Å². The van der Waals surface area contributed by atoms with Crippen molar-refractivity contribution in [2.45, 2.75) is 92.5 Å². The Morgan fingerprint density at radius 2 is 1.75 bits per heavy atom. The molecule has 1 heterocycles. The van der Waals surface area contributed by atoms with Gasteiger partial charge in [0.15, 0.2) is 0 Å². The summed E-state index contributed by atoms with van der Waals surface area (Å²) in [5, 5.41) is 13.8. The van der Waals surface area contributed by atoms with Gasteiger partial charge in [0.2, 0.25) is 5.91 Å². The molecular weight excluding hydrogens is 556 g/mol. The summed E-state index contributed by atoms with van der Waals surface area (Å²) in [6.45, 7) is 15.9. The van der Waals surface area contributed by atoms with E-state index in [-0.39, 0.29) is 35.4 Å². The number of hydrogen-bond donors (Lipinski definition) is 3. The molecule has 0 aromatic heterocycles. The molecule has 3 aliphatic rings. The Labute approximate surface area is 263 Å². The summed E-state index contributed by atoms with van der Waals surface area (Å²) in [6.07, 6.45) is 21.8. The number of nitrogens with two attached hydrogens (primary N) is 1. The summed E-state index contributed by atoms with van der Waals surface area (Å²) in [7, 11) is 0. The monoisotopic (exact) mass is 608 g/mol. The summed E-state index contributed by atoms with van der Waals surface area (Å²) in [5.74, 6) is 0.316. The fourth-order valence-corrected chi connectivity index (χ4v) is 7.04. The van der Waals surface area contributed by atoms with Gasteiger partial charge in [-0.3, -0.25) is 4.79 Å². The predicted molar refractivity (Wildman–Crippen MR) is 172 cm³/mol. The number of cyclic esters (lactones) is 1. The van der Waals surface area contributed by atoms with Crippen molar-refractivity contribution in [2.24, 2.45) is 46.7 Å². The molecule has 0 aromatic carbocycles. The van der Waals surface area contributed by atoms with E-state index in [1.807, 2.05) is 26.8 Å². The first-order chi connectivity index (χ1) is 20.6. The van der Waals surface area contributed by atoms with Crippen LogP contribution in [0.15, 0.2) is 71.9 Å². The lowest BCUT2D eigenvalue weighted by Gasteiger charge is -2.51. The second kappa shape index (κ2) is 16.7. The Morgan fingerprint density at radius 1 is 1.09 bits per heavy atom. The Morgan fingerprint density at radius 3 is 2.39 bits per heavy atom. The van der Waals surface area contributed by atoms with Crippen LogP contribution in [0.25, 0.3) is 0 Å². The van der Waals surface area contributed by atoms with Crippen molar-refractivity contribution < 1.29 is 29.0 Å². The third kappa shape index (κ3) is 9.85. The number of carbonyl (C=O) groups excluding carboxylic acids is 4. The minimum atomic E-state index is -0.892. The molecule has 1 fully saturated rings.